The molecule has 0 spiro atoms. The van der Waals surface area contributed by atoms with E-state index >= 15 is 0 Å². The van der Waals surface area contributed by atoms with Gasteiger partial charge in [0.2, 0.25) is 11.8 Å². The predicted molar refractivity (Wildman–Crippen MR) is 181 cm³/mol. The van der Waals surface area contributed by atoms with Gasteiger partial charge in [-0.1, -0.05) is 45.0 Å². The standard InChI is InChI=1S/C35H41N7O4S/c1-23-10-8-11-24(2)32(23)28-19-31-39-34(37-28)40-47(44,45)27-13-9-12-25(18-27)33(43)42(26(22-46-31)20-35(3,4)5)21-29-36-15-14-30(38-29)41-16-6-7-17-41/h8-15,18-19,26H,6-7,16-17,20-22H2,1-5H3,(H,37,39,40)/t26-/m1/s1. The van der Waals surface area contributed by atoms with Gasteiger partial charge in [0, 0.05) is 36.5 Å². The molecule has 2 aromatic carbocycles. The highest BCUT2D eigenvalue weighted by Gasteiger charge is 2.32. The Labute approximate surface area is 276 Å². The van der Waals surface area contributed by atoms with Crippen LogP contribution in [-0.4, -0.2) is 64.9 Å². The molecule has 0 aliphatic carbocycles. The van der Waals surface area contributed by atoms with Crippen molar-refractivity contribution in [1.82, 2.24) is 24.8 Å². The van der Waals surface area contributed by atoms with E-state index in [1.54, 1.807) is 29.3 Å². The molecule has 0 saturated carbocycles. The van der Waals surface area contributed by atoms with Gasteiger partial charge in [-0.2, -0.15) is 4.98 Å². The zero-order valence-electron chi connectivity index (χ0n) is 27.5. The fourth-order valence-electron chi connectivity index (χ4n) is 6.29. The van der Waals surface area contributed by atoms with Crippen LogP contribution >= 0.6 is 0 Å². The Hall–Kier alpha value is -4.58. The second-order valence-corrected chi connectivity index (χ2v) is 15.2. The molecule has 246 valence electrons. The van der Waals surface area contributed by atoms with Gasteiger partial charge >= 0.3 is 0 Å². The summed E-state index contributed by atoms with van der Waals surface area (Å²) in [6.45, 7) is 12.4. The maximum atomic E-state index is 14.4. The molecule has 1 N–H and O–H groups in total. The van der Waals surface area contributed by atoms with Crippen molar-refractivity contribution in [2.24, 2.45) is 5.41 Å². The van der Waals surface area contributed by atoms with E-state index in [-0.39, 0.29) is 46.8 Å². The molecule has 2 aliphatic rings. The molecule has 4 heterocycles. The van der Waals surface area contributed by atoms with Gasteiger partial charge in [0.05, 0.1) is 23.2 Å². The topological polar surface area (TPSA) is 131 Å². The number of carbonyl (C=O) groups excluding carboxylic acids is 1. The van der Waals surface area contributed by atoms with Gasteiger partial charge in [0.15, 0.2) is 0 Å². The second kappa shape index (κ2) is 12.9. The summed E-state index contributed by atoms with van der Waals surface area (Å²) in [4.78, 5) is 36.8. The number of fused-ring (bicyclic) bond motifs is 4. The largest absolute Gasteiger partial charge is 0.475 e. The van der Waals surface area contributed by atoms with Gasteiger partial charge in [0.1, 0.15) is 18.2 Å². The van der Waals surface area contributed by atoms with E-state index < -0.39 is 16.1 Å². The number of sulfonamides is 1. The third-order valence-corrected chi connectivity index (χ3v) is 9.79. The molecule has 1 atom stereocenters. The fourth-order valence-corrected chi connectivity index (χ4v) is 7.28. The molecule has 1 amide bonds. The molecule has 4 bridgehead atoms. The third-order valence-electron chi connectivity index (χ3n) is 8.46. The van der Waals surface area contributed by atoms with E-state index in [4.69, 9.17) is 9.72 Å². The lowest BCUT2D eigenvalue weighted by Crippen LogP contribution is -2.45. The van der Waals surface area contributed by atoms with Crippen LogP contribution in [0.2, 0.25) is 0 Å². The highest BCUT2D eigenvalue weighted by molar-refractivity contribution is 7.92. The summed E-state index contributed by atoms with van der Waals surface area (Å²) < 4.78 is 36.2. The van der Waals surface area contributed by atoms with Crippen LogP contribution in [0.15, 0.2) is 65.7 Å². The lowest BCUT2D eigenvalue weighted by molar-refractivity contribution is 0.0505. The molecule has 1 saturated heterocycles. The fraction of sp³-hybridized carbons (Fsp3) is 0.400. The SMILES string of the molecule is Cc1cccc(C)c1-c1cc2nc(n1)NS(=O)(=O)c1cccc(c1)C(=O)N(Cc1nccc(N3CCCC3)n1)[C@H](CC(C)(C)C)CO2. The summed E-state index contributed by atoms with van der Waals surface area (Å²) in [5.41, 5.74) is 3.39. The van der Waals surface area contributed by atoms with Crippen LogP contribution in [0.5, 0.6) is 5.88 Å². The molecular weight excluding hydrogens is 614 g/mol. The Bertz CT molecular complexity index is 1880. The number of rotatable bonds is 5. The van der Waals surface area contributed by atoms with Crippen molar-refractivity contribution in [3.8, 4) is 17.1 Å². The molecule has 12 heteroatoms. The monoisotopic (exact) mass is 655 g/mol. The molecule has 47 heavy (non-hydrogen) atoms. The zero-order chi connectivity index (χ0) is 33.3. The number of aryl methyl sites for hydroxylation is 2. The van der Waals surface area contributed by atoms with Gasteiger partial charge in [-0.15, -0.1) is 0 Å². The first-order valence-electron chi connectivity index (χ1n) is 16.0. The van der Waals surface area contributed by atoms with Crippen molar-refractivity contribution in [3.05, 3.63) is 83.3 Å². The molecule has 4 aromatic rings. The highest BCUT2D eigenvalue weighted by Crippen LogP contribution is 2.32. The Morgan fingerprint density at radius 2 is 1.68 bits per heavy atom. The van der Waals surface area contributed by atoms with Gasteiger partial charge in [-0.05, 0) is 73.9 Å². The van der Waals surface area contributed by atoms with Crippen LogP contribution in [-0.2, 0) is 16.6 Å². The van der Waals surface area contributed by atoms with E-state index in [1.807, 2.05) is 38.1 Å². The van der Waals surface area contributed by atoms with E-state index in [1.165, 1.54) is 12.1 Å². The molecule has 2 aromatic heterocycles. The number of hydrogen-bond donors (Lipinski definition) is 1. The highest BCUT2D eigenvalue weighted by atomic mass is 32.2. The number of ether oxygens (including phenoxy) is 1. The smallest absolute Gasteiger partial charge is 0.264 e. The maximum Gasteiger partial charge on any atom is 0.264 e. The minimum absolute atomic E-state index is 0.0780. The van der Waals surface area contributed by atoms with Gasteiger partial charge in [-0.3, -0.25) is 4.79 Å². The first kappa shape index (κ1) is 32.4. The first-order chi connectivity index (χ1) is 22.4. The molecule has 1 fully saturated rings. The number of carbonyl (C=O) groups is 1. The summed E-state index contributed by atoms with van der Waals surface area (Å²) in [5, 5.41) is 0. The van der Waals surface area contributed by atoms with E-state index in [9.17, 15) is 13.2 Å². The van der Waals surface area contributed by atoms with Crippen molar-refractivity contribution in [3.63, 3.8) is 0 Å². The minimum Gasteiger partial charge on any atom is -0.475 e. The van der Waals surface area contributed by atoms with Crippen LogP contribution in [0.4, 0.5) is 11.8 Å². The first-order valence-corrected chi connectivity index (χ1v) is 17.4. The Balaban J connectivity index is 1.47. The lowest BCUT2D eigenvalue weighted by Gasteiger charge is -2.35. The minimum atomic E-state index is -4.17. The van der Waals surface area contributed by atoms with Crippen molar-refractivity contribution >= 4 is 27.7 Å². The summed E-state index contributed by atoms with van der Waals surface area (Å²) in [5.74, 6) is 1.06. The average molecular weight is 656 g/mol. The Morgan fingerprint density at radius 1 is 0.957 bits per heavy atom. The van der Waals surface area contributed by atoms with Crippen LogP contribution in [0, 0.1) is 19.3 Å². The quantitative estimate of drug-likeness (QED) is 0.284. The molecule has 0 radical (unpaired) electrons. The zero-order valence-corrected chi connectivity index (χ0v) is 28.3. The van der Waals surface area contributed by atoms with Crippen LogP contribution in [0.3, 0.4) is 0 Å². The molecule has 6 rings (SSSR count). The number of nitrogens with zero attached hydrogens (tertiary/aromatic N) is 6. The molecule has 0 unspecified atom stereocenters. The third kappa shape index (κ3) is 7.38. The maximum absolute atomic E-state index is 14.4. The van der Waals surface area contributed by atoms with E-state index in [2.05, 4.69) is 45.3 Å². The van der Waals surface area contributed by atoms with Crippen molar-refractivity contribution in [1.29, 1.82) is 0 Å². The predicted octanol–water partition coefficient (Wildman–Crippen LogP) is 5.79. The Kier molecular flexibility index (Phi) is 8.88. The van der Waals surface area contributed by atoms with Gasteiger partial charge in [0.25, 0.3) is 15.9 Å². The summed E-state index contributed by atoms with van der Waals surface area (Å²) in [6.07, 6.45) is 4.53. The van der Waals surface area contributed by atoms with Crippen molar-refractivity contribution < 1.29 is 17.9 Å². The number of aromatic nitrogens is 4. The lowest BCUT2D eigenvalue weighted by atomic mass is 9.87. The normalized spacial score (nSPS) is 18.1. The number of nitrogens with one attached hydrogen (secondary N) is 1. The molecular formula is C35H41N7O4S. The van der Waals surface area contributed by atoms with Crippen LogP contribution in [0.25, 0.3) is 11.3 Å². The second-order valence-electron chi connectivity index (χ2n) is 13.5. The summed E-state index contributed by atoms with van der Waals surface area (Å²) in [6, 6.07) is 15.1. The summed E-state index contributed by atoms with van der Waals surface area (Å²) in [7, 11) is -4.17. The van der Waals surface area contributed by atoms with E-state index in [0.717, 1.165) is 48.4 Å². The van der Waals surface area contributed by atoms with Crippen molar-refractivity contribution in [2.75, 3.05) is 29.3 Å². The molecule has 2 aliphatic heterocycles. The average Bonchev–Trinajstić information content (AvgIpc) is 3.56. The van der Waals surface area contributed by atoms with Crippen LogP contribution < -0.4 is 14.4 Å². The summed E-state index contributed by atoms with van der Waals surface area (Å²) >= 11 is 0. The van der Waals surface area contributed by atoms with Gasteiger partial charge < -0.3 is 14.5 Å². The van der Waals surface area contributed by atoms with E-state index in [0.29, 0.717) is 17.9 Å². The number of anilines is 2. The van der Waals surface area contributed by atoms with Gasteiger partial charge in [-0.25, -0.2) is 28.1 Å². The van der Waals surface area contributed by atoms with Crippen LogP contribution in [0.1, 0.15) is 67.3 Å². The van der Waals surface area contributed by atoms with Crippen molar-refractivity contribution in [2.45, 2.75) is 71.4 Å². The Morgan fingerprint density at radius 3 is 2.40 bits per heavy atom. The molecule has 11 nitrogen and oxygen atoms in total. The number of hydrogen-bond acceptors (Lipinski definition) is 9. The number of amides is 1. The number of benzene rings is 2.